The van der Waals surface area contributed by atoms with Crippen molar-refractivity contribution in [2.45, 2.75) is 6.42 Å². The topological polar surface area (TPSA) is 65.0 Å². The highest BCUT2D eigenvalue weighted by Crippen LogP contribution is 1.99. The summed E-state index contributed by atoms with van der Waals surface area (Å²) in [5.41, 5.74) is 0.146. The number of hydrogen-bond donors (Lipinski definition) is 0. The number of rotatable bonds is 2. The highest BCUT2D eigenvalue weighted by Gasteiger charge is 2.19. The van der Waals surface area contributed by atoms with Gasteiger partial charge in [0.05, 0.1) is 20.1 Å². The molecule has 1 aliphatic rings. The number of carbonyl (C=O) groups is 2. The molecule has 1 aliphatic heterocycles. The zero-order chi connectivity index (χ0) is 8.97. The van der Waals surface area contributed by atoms with E-state index in [1.165, 1.54) is 7.11 Å². The number of cyclic esters (lactones) is 1. The molecule has 5 nitrogen and oxygen atoms in total. The Morgan fingerprint density at radius 2 is 2.50 bits per heavy atom. The predicted octanol–water partition coefficient (Wildman–Crippen LogP) is -0.453. The number of esters is 2. The third-order valence-corrected chi connectivity index (χ3v) is 1.40. The first-order valence-electron chi connectivity index (χ1n) is 3.51. The average molecular weight is 171 g/mol. The number of nitrogens with zero attached hydrogens (tertiary/aromatic N) is 1. The Morgan fingerprint density at radius 1 is 1.75 bits per heavy atom. The standard InChI is InChI=1S/C7H9NO4/c1-11-6(9)4-5-7(10)12-3-2-8-5/h2-4H2,1H3. The van der Waals surface area contributed by atoms with Gasteiger partial charge in [-0.3, -0.25) is 9.79 Å². The molecule has 0 bridgehead atoms. The molecule has 0 fully saturated rings. The number of hydrogen-bond acceptors (Lipinski definition) is 5. The molecule has 0 saturated heterocycles. The fourth-order valence-electron chi connectivity index (χ4n) is 0.804. The minimum absolute atomic E-state index is 0.102. The second-order valence-corrected chi connectivity index (χ2v) is 2.22. The molecule has 0 aromatic heterocycles. The highest BCUT2D eigenvalue weighted by atomic mass is 16.5. The van der Waals surface area contributed by atoms with Crippen LogP contribution < -0.4 is 0 Å². The fraction of sp³-hybridized carbons (Fsp3) is 0.571. The summed E-state index contributed by atoms with van der Waals surface area (Å²) in [4.78, 5) is 25.4. The van der Waals surface area contributed by atoms with E-state index in [4.69, 9.17) is 0 Å². The maximum atomic E-state index is 10.9. The summed E-state index contributed by atoms with van der Waals surface area (Å²) in [6.07, 6.45) is -0.102. The van der Waals surface area contributed by atoms with E-state index < -0.39 is 11.9 Å². The van der Waals surface area contributed by atoms with Crippen LogP contribution in [0.3, 0.4) is 0 Å². The molecule has 0 saturated carbocycles. The summed E-state index contributed by atoms with van der Waals surface area (Å²) < 4.78 is 9.03. The van der Waals surface area contributed by atoms with Crippen molar-refractivity contribution in [1.82, 2.24) is 0 Å². The van der Waals surface area contributed by atoms with Crippen molar-refractivity contribution in [2.75, 3.05) is 20.3 Å². The molecule has 0 atom stereocenters. The molecule has 1 rings (SSSR count). The van der Waals surface area contributed by atoms with Crippen LogP contribution in [0, 0.1) is 0 Å². The van der Waals surface area contributed by atoms with Gasteiger partial charge in [-0.2, -0.15) is 0 Å². The molecule has 1 heterocycles. The summed E-state index contributed by atoms with van der Waals surface area (Å²) in [5, 5.41) is 0. The van der Waals surface area contributed by atoms with Crippen molar-refractivity contribution in [3.63, 3.8) is 0 Å². The van der Waals surface area contributed by atoms with E-state index in [-0.39, 0.29) is 12.1 Å². The lowest BCUT2D eigenvalue weighted by molar-refractivity contribution is -0.141. The van der Waals surface area contributed by atoms with Crippen LogP contribution in [0.5, 0.6) is 0 Å². The van der Waals surface area contributed by atoms with Gasteiger partial charge in [-0.05, 0) is 0 Å². The number of carbonyl (C=O) groups excluding carboxylic acids is 2. The molecule has 0 unspecified atom stereocenters. The van der Waals surface area contributed by atoms with Gasteiger partial charge in [0.15, 0.2) is 0 Å². The smallest absolute Gasteiger partial charge is 0.352 e. The van der Waals surface area contributed by atoms with Gasteiger partial charge in [0.2, 0.25) is 0 Å². The maximum absolute atomic E-state index is 10.9. The molecule has 0 aliphatic carbocycles. The summed E-state index contributed by atoms with van der Waals surface area (Å²) >= 11 is 0. The molecule has 0 radical (unpaired) electrons. The number of aliphatic imine (C=N–C) groups is 1. The Morgan fingerprint density at radius 3 is 3.08 bits per heavy atom. The minimum Gasteiger partial charge on any atom is -0.469 e. The van der Waals surface area contributed by atoms with Crippen LogP contribution in [-0.2, 0) is 19.1 Å². The van der Waals surface area contributed by atoms with Crippen LogP contribution in [0.15, 0.2) is 4.99 Å². The van der Waals surface area contributed by atoms with Gasteiger partial charge in [0.25, 0.3) is 0 Å². The lowest BCUT2D eigenvalue weighted by atomic mass is 10.2. The molecule has 0 N–H and O–H groups in total. The zero-order valence-corrected chi connectivity index (χ0v) is 6.70. The summed E-state index contributed by atoms with van der Waals surface area (Å²) in [7, 11) is 1.26. The lowest BCUT2D eigenvalue weighted by Crippen LogP contribution is -2.27. The molecule has 66 valence electrons. The average Bonchev–Trinajstić information content (AvgIpc) is 2.09. The first-order chi connectivity index (χ1) is 5.74. The molecule has 0 aromatic rings. The SMILES string of the molecule is COC(=O)CC1=NCCOC1=O. The third-order valence-electron chi connectivity index (χ3n) is 1.40. The van der Waals surface area contributed by atoms with Crippen LogP contribution in [0.25, 0.3) is 0 Å². The van der Waals surface area contributed by atoms with Crippen molar-refractivity contribution >= 4 is 17.7 Å². The van der Waals surface area contributed by atoms with Crippen molar-refractivity contribution in [3.8, 4) is 0 Å². The van der Waals surface area contributed by atoms with Crippen LogP contribution >= 0.6 is 0 Å². The maximum Gasteiger partial charge on any atom is 0.352 e. The van der Waals surface area contributed by atoms with Gasteiger partial charge in [-0.25, -0.2) is 4.79 Å². The second-order valence-electron chi connectivity index (χ2n) is 2.22. The van der Waals surface area contributed by atoms with Gasteiger partial charge >= 0.3 is 11.9 Å². The molecule has 0 spiro atoms. The Hall–Kier alpha value is -1.39. The number of methoxy groups -OCH3 is 1. The van der Waals surface area contributed by atoms with Crippen LogP contribution in [0.1, 0.15) is 6.42 Å². The Kier molecular flexibility index (Phi) is 2.79. The van der Waals surface area contributed by atoms with E-state index in [1.807, 2.05) is 0 Å². The van der Waals surface area contributed by atoms with E-state index in [0.29, 0.717) is 13.2 Å². The van der Waals surface area contributed by atoms with Crippen molar-refractivity contribution in [3.05, 3.63) is 0 Å². The first kappa shape index (κ1) is 8.70. The van der Waals surface area contributed by atoms with Crippen molar-refractivity contribution in [2.24, 2.45) is 4.99 Å². The van der Waals surface area contributed by atoms with E-state index in [9.17, 15) is 9.59 Å². The van der Waals surface area contributed by atoms with Gasteiger partial charge in [-0.15, -0.1) is 0 Å². The molecular formula is C7H9NO4. The monoisotopic (exact) mass is 171 g/mol. The van der Waals surface area contributed by atoms with E-state index >= 15 is 0 Å². The van der Waals surface area contributed by atoms with E-state index in [2.05, 4.69) is 14.5 Å². The fourth-order valence-corrected chi connectivity index (χ4v) is 0.804. The summed E-state index contributed by atoms with van der Waals surface area (Å²) in [5.74, 6) is -1.00. The third kappa shape index (κ3) is 2.05. The first-order valence-corrected chi connectivity index (χ1v) is 3.51. The normalized spacial score (nSPS) is 16.4. The van der Waals surface area contributed by atoms with Gasteiger partial charge < -0.3 is 9.47 Å². The van der Waals surface area contributed by atoms with Crippen LogP contribution in [-0.4, -0.2) is 37.9 Å². The highest BCUT2D eigenvalue weighted by molar-refractivity contribution is 6.39. The minimum atomic E-state index is -0.522. The van der Waals surface area contributed by atoms with Gasteiger partial charge in [0.1, 0.15) is 12.3 Å². The van der Waals surface area contributed by atoms with E-state index in [0.717, 1.165) is 0 Å². The molecule has 12 heavy (non-hydrogen) atoms. The Balaban J connectivity index is 2.55. The zero-order valence-electron chi connectivity index (χ0n) is 6.70. The lowest BCUT2D eigenvalue weighted by Gasteiger charge is -2.10. The largest absolute Gasteiger partial charge is 0.469 e. The van der Waals surface area contributed by atoms with Crippen LogP contribution in [0.4, 0.5) is 0 Å². The van der Waals surface area contributed by atoms with Crippen molar-refractivity contribution in [1.29, 1.82) is 0 Å². The molecule has 5 heteroatoms. The Labute approximate surface area is 69.4 Å². The summed E-state index contributed by atoms with van der Waals surface area (Å²) in [6.45, 7) is 0.724. The quantitative estimate of drug-likeness (QED) is 0.528. The van der Waals surface area contributed by atoms with Gasteiger partial charge in [-0.1, -0.05) is 0 Å². The summed E-state index contributed by atoms with van der Waals surface area (Å²) in [6, 6.07) is 0. The number of ether oxygens (including phenoxy) is 2. The predicted molar refractivity (Wildman–Crippen MR) is 39.9 cm³/mol. The Bertz CT molecular complexity index is 234. The second kappa shape index (κ2) is 3.85. The molecule has 0 aromatic carbocycles. The van der Waals surface area contributed by atoms with Gasteiger partial charge in [0, 0.05) is 0 Å². The molecule has 0 amide bonds. The van der Waals surface area contributed by atoms with Crippen LogP contribution in [0.2, 0.25) is 0 Å². The molecular weight excluding hydrogens is 162 g/mol. The van der Waals surface area contributed by atoms with E-state index in [1.54, 1.807) is 0 Å². The van der Waals surface area contributed by atoms with Crippen molar-refractivity contribution < 1.29 is 19.1 Å².